The molecule has 0 aromatic heterocycles. The summed E-state index contributed by atoms with van der Waals surface area (Å²) in [5.41, 5.74) is 1.76. The van der Waals surface area contributed by atoms with Crippen LogP contribution in [0.15, 0.2) is 24.3 Å². The van der Waals surface area contributed by atoms with E-state index in [4.69, 9.17) is 9.47 Å². The first-order valence-electron chi connectivity index (χ1n) is 9.30. The first-order valence-corrected chi connectivity index (χ1v) is 9.30. The molecule has 0 saturated carbocycles. The zero-order chi connectivity index (χ0) is 19.5. The highest BCUT2D eigenvalue weighted by molar-refractivity contribution is 5.75. The molecule has 5 heteroatoms. The van der Waals surface area contributed by atoms with Gasteiger partial charge in [-0.15, -0.1) is 0 Å². The predicted molar refractivity (Wildman–Crippen MR) is 101 cm³/mol. The molecule has 1 fully saturated rings. The van der Waals surface area contributed by atoms with Crippen molar-refractivity contribution >= 4 is 12.1 Å². The number of rotatable bonds is 5. The van der Waals surface area contributed by atoms with Gasteiger partial charge in [0.1, 0.15) is 11.7 Å². The Bertz CT molecular complexity index is 630. The molecule has 0 spiro atoms. The number of aryl methyl sites for hydroxylation is 1. The molecule has 3 atom stereocenters. The number of ether oxygens (including phenoxy) is 2. The van der Waals surface area contributed by atoms with E-state index in [2.05, 4.69) is 17.4 Å². The van der Waals surface area contributed by atoms with Crippen molar-refractivity contribution in [3.05, 3.63) is 35.4 Å². The Morgan fingerprint density at radius 1 is 1.27 bits per heavy atom. The molecule has 1 saturated heterocycles. The Balaban J connectivity index is 2.00. The van der Waals surface area contributed by atoms with Crippen LogP contribution in [0, 0.1) is 18.8 Å². The minimum Gasteiger partial charge on any atom is -0.460 e. The standard InChI is InChI=1S/C21H31NO4/c1-13(2)18(22-20(24)26-21(4,5)6)17-12-16(19(23)25-17)11-15-9-7-14(3)8-10-15/h7-10,13,16-18H,11-12H2,1-6H3,(H,22,24)/t16-,17+,18?/m1/s1. The summed E-state index contributed by atoms with van der Waals surface area (Å²) in [4.78, 5) is 24.5. The summed E-state index contributed by atoms with van der Waals surface area (Å²) in [6, 6.07) is 7.93. The summed E-state index contributed by atoms with van der Waals surface area (Å²) in [6.45, 7) is 11.5. The highest BCUT2D eigenvalue weighted by atomic mass is 16.6. The van der Waals surface area contributed by atoms with Gasteiger partial charge in [0.05, 0.1) is 12.0 Å². The summed E-state index contributed by atoms with van der Waals surface area (Å²) >= 11 is 0. The molecule has 0 aliphatic carbocycles. The van der Waals surface area contributed by atoms with E-state index in [1.165, 1.54) is 5.56 Å². The van der Waals surface area contributed by atoms with E-state index in [9.17, 15) is 9.59 Å². The lowest BCUT2D eigenvalue weighted by Crippen LogP contribution is -2.48. The quantitative estimate of drug-likeness (QED) is 0.805. The summed E-state index contributed by atoms with van der Waals surface area (Å²) in [5.74, 6) is -0.241. The summed E-state index contributed by atoms with van der Waals surface area (Å²) < 4.78 is 11.0. The average Bonchev–Trinajstić information content (AvgIpc) is 2.86. The molecule has 1 heterocycles. The smallest absolute Gasteiger partial charge is 0.408 e. The van der Waals surface area contributed by atoms with Gasteiger partial charge >= 0.3 is 12.1 Å². The zero-order valence-electron chi connectivity index (χ0n) is 16.7. The van der Waals surface area contributed by atoms with Gasteiger partial charge in [-0.1, -0.05) is 43.7 Å². The number of alkyl carbamates (subject to hydrolysis) is 1. The molecule has 1 aliphatic rings. The normalized spacial score (nSPS) is 21.4. The minimum atomic E-state index is -0.564. The molecule has 2 rings (SSSR count). The average molecular weight is 361 g/mol. The molecule has 144 valence electrons. The first-order chi connectivity index (χ1) is 12.0. The van der Waals surface area contributed by atoms with Crippen LogP contribution in [0.4, 0.5) is 4.79 Å². The SMILES string of the molecule is Cc1ccc(C[C@@H]2C[C@@H](C(NC(=O)OC(C)(C)C)C(C)C)OC2=O)cc1. The van der Waals surface area contributed by atoms with E-state index in [1.54, 1.807) is 0 Å². The zero-order valence-corrected chi connectivity index (χ0v) is 16.7. The van der Waals surface area contributed by atoms with Crippen molar-refractivity contribution in [1.82, 2.24) is 5.32 Å². The van der Waals surface area contributed by atoms with E-state index in [-0.39, 0.29) is 30.0 Å². The molecule has 1 aliphatic heterocycles. The molecule has 5 nitrogen and oxygen atoms in total. The van der Waals surface area contributed by atoms with E-state index >= 15 is 0 Å². The molecule has 26 heavy (non-hydrogen) atoms. The Kier molecular flexibility index (Phi) is 6.32. The number of carbonyl (C=O) groups excluding carboxylic acids is 2. The first kappa shape index (κ1) is 20.3. The van der Waals surface area contributed by atoms with Crippen LogP contribution >= 0.6 is 0 Å². The summed E-state index contributed by atoms with van der Waals surface area (Å²) in [6.07, 6.45) is 0.456. The van der Waals surface area contributed by atoms with E-state index in [0.717, 1.165) is 5.56 Å². The molecule has 1 aromatic rings. The number of carbonyl (C=O) groups is 2. The van der Waals surface area contributed by atoms with Crippen LogP contribution in [0.3, 0.4) is 0 Å². The molecular formula is C21H31NO4. The largest absolute Gasteiger partial charge is 0.460 e. The van der Waals surface area contributed by atoms with Crippen LogP contribution in [0.2, 0.25) is 0 Å². The fraction of sp³-hybridized carbons (Fsp3) is 0.619. The second kappa shape index (κ2) is 8.11. The fourth-order valence-corrected chi connectivity index (χ4v) is 3.20. The molecule has 1 amide bonds. The topological polar surface area (TPSA) is 64.6 Å². The lowest BCUT2D eigenvalue weighted by atomic mass is 9.90. The van der Waals surface area contributed by atoms with E-state index in [0.29, 0.717) is 12.8 Å². The lowest BCUT2D eigenvalue weighted by molar-refractivity contribution is -0.145. The molecule has 1 N–H and O–H groups in total. The third-order valence-corrected chi connectivity index (χ3v) is 4.52. The Morgan fingerprint density at radius 2 is 1.88 bits per heavy atom. The van der Waals surface area contributed by atoms with Gasteiger partial charge in [-0.05, 0) is 45.6 Å². The number of esters is 1. The number of benzene rings is 1. The minimum absolute atomic E-state index is 0.124. The third kappa shape index (κ3) is 5.75. The second-order valence-electron chi connectivity index (χ2n) is 8.51. The number of amides is 1. The summed E-state index contributed by atoms with van der Waals surface area (Å²) in [7, 11) is 0. The van der Waals surface area contributed by atoms with Crippen LogP contribution in [0.25, 0.3) is 0 Å². The van der Waals surface area contributed by atoms with Crippen molar-refractivity contribution in [1.29, 1.82) is 0 Å². The Hall–Kier alpha value is -2.04. The van der Waals surface area contributed by atoms with Crippen LogP contribution in [0.5, 0.6) is 0 Å². The maximum atomic E-state index is 12.3. The van der Waals surface area contributed by atoms with Crippen LogP contribution in [-0.4, -0.2) is 29.8 Å². The highest BCUT2D eigenvalue weighted by Crippen LogP contribution is 2.29. The molecular weight excluding hydrogens is 330 g/mol. The van der Waals surface area contributed by atoms with E-state index in [1.807, 2.05) is 53.7 Å². The molecule has 0 radical (unpaired) electrons. The van der Waals surface area contributed by atoms with Gasteiger partial charge in [0.2, 0.25) is 0 Å². The number of hydrogen-bond donors (Lipinski definition) is 1. The van der Waals surface area contributed by atoms with Crippen molar-refractivity contribution in [2.24, 2.45) is 11.8 Å². The van der Waals surface area contributed by atoms with Gasteiger partial charge < -0.3 is 14.8 Å². The van der Waals surface area contributed by atoms with Crippen molar-refractivity contribution in [3.63, 3.8) is 0 Å². The van der Waals surface area contributed by atoms with Gasteiger partial charge in [-0.3, -0.25) is 4.79 Å². The maximum Gasteiger partial charge on any atom is 0.408 e. The number of cyclic esters (lactones) is 1. The third-order valence-electron chi connectivity index (χ3n) is 4.52. The van der Waals surface area contributed by atoms with E-state index < -0.39 is 11.7 Å². The van der Waals surface area contributed by atoms with Crippen LogP contribution in [-0.2, 0) is 20.7 Å². The van der Waals surface area contributed by atoms with Crippen molar-refractivity contribution in [2.45, 2.75) is 72.1 Å². The maximum absolute atomic E-state index is 12.3. The Morgan fingerprint density at radius 3 is 2.42 bits per heavy atom. The van der Waals surface area contributed by atoms with Gasteiger partial charge in [0.25, 0.3) is 0 Å². The highest BCUT2D eigenvalue weighted by Gasteiger charge is 2.40. The number of hydrogen-bond acceptors (Lipinski definition) is 4. The molecule has 0 bridgehead atoms. The van der Waals surface area contributed by atoms with Gasteiger partial charge in [0, 0.05) is 6.42 Å². The van der Waals surface area contributed by atoms with Crippen LogP contribution in [0.1, 0.15) is 52.2 Å². The lowest BCUT2D eigenvalue weighted by Gasteiger charge is -2.28. The fourth-order valence-electron chi connectivity index (χ4n) is 3.20. The molecule has 1 aromatic carbocycles. The van der Waals surface area contributed by atoms with Gasteiger partial charge in [-0.2, -0.15) is 0 Å². The van der Waals surface area contributed by atoms with Gasteiger partial charge in [0.15, 0.2) is 0 Å². The summed E-state index contributed by atoms with van der Waals surface area (Å²) in [5, 5.41) is 2.89. The second-order valence-corrected chi connectivity index (χ2v) is 8.51. The Labute approximate surface area is 156 Å². The monoisotopic (exact) mass is 361 g/mol. The van der Waals surface area contributed by atoms with Crippen molar-refractivity contribution in [3.8, 4) is 0 Å². The predicted octanol–water partition coefficient (Wildman–Crippen LogP) is 4.02. The van der Waals surface area contributed by atoms with Crippen molar-refractivity contribution < 1.29 is 19.1 Å². The van der Waals surface area contributed by atoms with Crippen LogP contribution < -0.4 is 5.32 Å². The van der Waals surface area contributed by atoms with Crippen molar-refractivity contribution in [2.75, 3.05) is 0 Å². The van der Waals surface area contributed by atoms with Gasteiger partial charge in [-0.25, -0.2) is 4.79 Å². The molecule has 1 unspecified atom stereocenters. The number of nitrogens with one attached hydrogen (secondary N) is 1.